The average molecular weight is 435 g/mol. The number of carbonyl (C=O) groups is 1. The third-order valence-corrected chi connectivity index (χ3v) is 4.67. The number of rotatable bonds is 4. The number of carbonyl (C=O) groups excluding carboxylic acids is 1. The Bertz CT molecular complexity index is 1050. The number of anilines is 2. The van der Waals surface area contributed by atoms with Crippen molar-refractivity contribution in [1.82, 2.24) is 4.98 Å². The van der Waals surface area contributed by atoms with Crippen LogP contribution in [0.1, 0.15) is 5.56 Å². The van der Waals surface area contributed by atoms with Crippen LogP contribution in [0.4, 0.5) is 11.4 Å². The van der Waals surface area contributed by atoms with Crippen LogP contribution in [0.5, 0.6) is 0 Å². The first kappa shape index (κ1) is 23.3. The maximum atomic E-state index is 10.7. The summed E-state index contributed by atoms with van der Waals surface area (Å²) in [5.74, 6) is -1.14. The molecular weight excluding hydrogens is 418 g/mol. The minimum Gasteiger partial charge on any atom is -0.550 e. The smallest absolute Gasteiger partial charge is 0.550 e. The van der Waals surface area contributed by atoms with Crippen molar-refractivity contribution in [2.24, 2.45) is 0 Å². The van der Waals surface area contributed by atoms with Gasteiger partial charge in [0.25, 0.3) is 0 Å². The van der Waals surface area contributed by atoms with E-state index in [1.165, 1.54) is 10.9 Å². The van der Waals surface area contributed by atoms with Gasteiger partial charge in [0.15, 0.2) is 0 Å². The molecule has 0 spiro atoms. The Morgan fingerprint density at radius 1 is 0.897 bits per heavy atom. The van der Waals surface area contributed by atoms with E-state index in [9.17, 15) is 9.90 Å². The van der Waals surface area contributed by atoms with Gasteiger partial charge in [-0.1, -0.05) is 65.7 Å². The second-order valence-corrected chi connectivity index (χ2v) is 6.81. The molecule has 0 unspecified atom stereocenters. The summed E-state index contributed by atoms with van der Waals surface area (Å²) < 4.78 is 0. The molecule has 0 aliphatic carbocycles. The molecule has 7 heteroatoms. The summed E-state index contributed by atoms with van der Waals surface area (Å²) in [5, 5.41) is 16.0. The predicted molar refractivity (Wildman–Crippen MR) is 113 cm³/mol. The fourth-order valence-corrected chi connectivity index (χ4v) is 3.19. The van der Waals surface area contributed by atoms with Gasteiger partial charge in [-0.3, -0.25) is 0 Å². The van der Waals surface area contributed by atoms with Gasteiger partial charge in [0.2, 0.25) is 0 Å². The van der Waals surface area contributed by atoms with Crippen LogP contribution >= 0.6 is 23.2 Å². The zero-order chi connectivity index (χ0) is 19.9. The van der Waals surface area contributed by atoms with Gasteiger partial charge in [0.1, 0.15) is 0 Å². The third-order valence-electron chi connectivity index (χ3n) is 4.04. The summed E-state index contributed by atoms with van der Waals surface area (Å²) in [6, 6.07) is 22.5. The van der Waals surface area contributed by atoms with Gasteiger partial charge in [-0.25, -0.2) is 0 Å². The summed E-state index contributed by atoms with van der Waals surface area (Å²) in [5.41, 5.74) is 3.01. The van der Waals surface area contributed by atoms with Gasteiger partial charge >= 0.3 is 29.6 Å². The fourth-order valence-electron chi connectivity index (χ4n) is 2.70. The molecule has 1 heterocycles. The Balaban J connectivity index is 0.000000250. The first-order valence-electron chi connectivity index (χ1n) is 8.55. The number of carboxylic acid groups (broad SMARTS) is 1. The van der Waals surface area contributed by atoms with E-state index in [1.54, 1.807) is 42.5 Å². The molecule has 3 aromatic carbocycles. The maximum Gasteiger partial charge on any atom is 1.00 e. The van der Waals surface area contributed by atoms with Crippen LogP contribution in [0, 0.1) is 0 Å². The van der Waals surface area contributed by atoms with E-state index in [2.05, 4.69) is 28.5 Å². The molecule has 0 aliphatic heterocycles. The van der Waals surface area contributed by atoms with Gasteiger partial charge in [-0.05, 0) is 41.3 Å². The number of benzene rings is 3. The summed E-state index contributed by atoms with van der Waals surface area (Å²) in [4.78, 5) is 13.8. The van der Waals surface area contributed by atoms with Crippen molar-refractivity contribution in [3.8, 4) is 0 Å². The monoisotopic (exact) mass is 434 g/mol. The van der Waals surface area contributed by atoms with Crippen LogP contribution in [-0.2, 0) is 11.2 Å². The first-order valence-corrected chi connectivity index (χ1v) is 9.31. The van der Waals surface area contributed by atoms with Crippen LogP contribution in [0.25, 0.3) is 10.9 Å². The van der Waals surface area contributed by atoms with Gasteiger partial charge in [-0.2, -0.15) is 0 Å². The van der Waals surface area contributed by atoms with Gasteiger partial charge in [0.05, 0.1) is 15.7 Å². The zero-order valence-electron chi connectivity index (χ0n) is 15.8. The molecule has 2 N–H and O–H groups in total. The van der Waals surface area contributed by atoms with Gasteiger partial charge in [0, 0.05) is 29.8 Å². The molecule has 142 valence electrons. The molecule has 0 fully saturated rings. The maximum absolute atomic E-state index is 10.7. The number of carboxylic acids is 1. The Labute approximate surface area is 201 Å². The molecular formula is C22H17Cl2N2NaO2. The summed E-state index contributed by atoms with van der Waals surface area (Å²) in [6.07, 6.45) is 1.77. The number of para-hydroxylation sites is 3. The van der Waals surface area contributed by atoms with Gasteiger partial charge < -0.3 is 20.2 Å². The summed E-state index contributed by atoms with van der Waals surface area (Å²) in [6.45, 7) is 0. The third kappa shape index (κ3) is 6.53. The minimum absolute atomic E-state index is 0. The van der Waals surface area contributed by atoms with E-state index in [0.29, 0.717) is 27.0 Å². The Morgan fingerprint density at radius 3 is 2.24 bits per heavy atom. The van der Waals surface area contributed by atoms with Crippen molar-refractivity contribution in [2.75, 3.05) is 5.32 Å². The average Bonchev–Trinajstić information content (AvgIpc) is 3.15. The Morgan fingerprint density at radius 2 is 1.55 bits per heavy atom. The van der Waals surface area contributed by atoms with Crippen molar-refractivity contribution in [1.29, 1.82) is 0 Å². The Kier molecular flexibility index (Phi) is 9.08. The van der Waals surface area contributed by atoms with Gasteiger partial charge in [-0.15, -0.1) is 0 Å². The molecule has 1 aromatic heterocycles. The van der Waals surface area contributed by atoms with Crippen molar-refractivity contribution in [3.63, 3.8) is 0 Å². The molecule has 0 radical (unpaired) electrons. The Hall–Kier alpha value is -1.95. The van der Waals surface area contributed by atoms with E-state index in [4.69, 9.17) is 23.2 Å². The molecule has 0 atom stereocenters. The SMILES string of the molecule is O=C([O-])Cc1ccccc1Nc1c(Cl)cccc1Cl.[Na+].c1ccc2[nH]ccc2c1. The van der Waals surface area contributed by atoms with E-state index >= 15 is 0 Å². The normalized spacial score (nSPS) is 9.86. The van der Waals surface area contributed by atoms with Crippen molar-refractivity contribution in [3.05, 3.63) is 94.6 Å². The van der Waals surface area contributed by atoms with Crippen LogP contribution in [0.2, 0.25) is 10.0 Å². The number of hydrogen-bond acceptors (Lipinski definition) is 3. The second-order valence-electron chi connectivity index (χ2n) is 5.99. The van der Waals surface area contributed by atoms with Crippen LogP contribution in [-0.4, -0.2) is 11.0 Å². The molecule has 4 nitrogen and oxygen atoms in total. The summed E-state index contributed by atoms with van der Waals surface area (Å²) >= 11 is 12.1. The molecule has 0 aliphatic rings. The van der Waals surface area contributed by atoms with Crippen molar-refractivity contribution in [2.45, 2.75) is 6.42 Å². The largest absolute Gasteiger partial charge is 1.00 e. The molecule has 0 saturated carbocycles. The number of nitrogens with one attached hydrogen (secondary N) is 2. The van der Waals surface area contributed by atoms with Crippen LogP contribution in [0.15, 0.2) is 79.0 Å². The van der Waals surface area contributed by atoms with E-state index in [-0.39, 0.29) is 36.0 Å². The second kappa shape index (κ2) is 11.3. The standard InChI is InChI=1S/C14H11Cl2NO2.C8H7N.Na/c15-10-5-3-6-11(16)14(10)17-12-7-2-1-4-9(12)8-13(18)19;1-2-4-8-7(3-1)5-6-9-8;/h1-7,17H,8H2,(H,18,19);1-6,9H;/q;;+1/p-1. The van der Waals surface area contributed by atoms with E-state index in [1.807, 2.05) is 18.3 Å². The van der Waals surface area contributed by atoms with E-state index < -0.39 is 5.97 Å². The minimum atomic E-state index is -1.14. The van der Waals surface area contributed by atoms with Crippen molar-refractivity contribution >= 4 is 51.4 Å². The number of aromatic amines is 1. The zero-order valence-corrected chi connectivity index (χ0v) is 19.3. The van der Waals surface area contributed by atoms with Crippen LogP contribution in [0.3, 0.4) is 0 Å². The number of hydrogen-bond donors (Lipinski definition) is 2. The molecule has 0 amide bonds. The van der Waals surface area contributed by atoms with Crippen molar-refractivity contribution < 1.29 is 39.5 Å². The quantitative estimate of drug-likeness (QED) is 0.483. The fraction of sp³-hybridized carbons (Fsp3) is 0.0455. The molecule has 29 heavy (non-hydrogen) atoms. The topological polar surface area (TPSA) is 67.9 Å². The molecule has 0 saturated heterocycles. The number of aromatic nitrogens is 1. The molecule has 4 rings (SSSR count). The molecule has 4 aromatic rings. The predicted octanol–water partition coefficient (Wildman–Crippen LogP) is 2.20. The number of halogens is 2. The number of H-pyrrole nitrogens is 1. The number of fused-ring (bicyclic) bond motifs is 1. The molecule has 0 bridgehead atoms. The van der Waals surface area contributed by atoms with E-state index in [0.717, 1.165) is 0 Å². The first-order chi connectivity index (χ1) is 13.5. The summed E-state index contributed by atoms with van der Waals surface area (Å²) in [7, 11) is 0. The number of aliphatic carboxylic acids is 1. The van der Waals surface area contributed by atoms with Crippen LogP contribution < -0.4 is 40.0 Å².